The Labute approximate surface area is 209 Å². The molecular weight excluding hydrogens is 452 g/mol. The molecule has 4 aromatic rings. The molecule has 2 aliphatic carbocycles. The predicted octanol–water partition coefficient (Wildman–Crippen LogP) is 3.61. The Morgan fingerprint density at radius 1 is 1.06 bits per heavy atom. The molecule has 8 heteroatoms. The zero-order valence-electron chi connectivity index (χ0n) is 20.2. The van der Waals surface area contributed by atoms with Crippen LogP contribution in [0.1, 0.15) is 49.3 Å². The molecule has 8 nitrogen and oxygen atoms in total. The second-order valence-electron chi connectivity index (χ2n) is 11.0. The van der Waals surface area contributed by atoms with Gasteiger partial charge in [-0.15, -0.1) is 0 Å². The number of nitrogen functional groups attached to an aromatic ring is 1. The van der Waals surface area contributed by atoms with E-state index in [9.17, 15) is 10.2 Å². The summed E-state index contributed by atoms with van der Waals surface area (Å²) < 4.78 is 1.94. The minimum absolute atomic E-state index is 0.00482. The van der Waals surface area contributed by atoms with E-state index in [-0.39, 0.29) is 12.0 Å². The topological polar surface area (TPSA) is 122 Å². The number of aromatic nitrogens is 4. The van der Waals surface area contributed by atoms with Gasteiger partial charge in [-0.3, -0.25) is 0 Å². The maximum atomic E-state index is 10.9. The summed E-state index contributed by atoms with van der Waals surface area (Å²) in [7, 11) is 0. The van der Waals surface area contributed by atoms with Crippen LogP contribution in [0.4, 0.5) is 11.6 Å². The van der Waals surface area contributed by atoms with Crippen molar-refractivity contribution in [1.29, 1.82) is 0 Å². The maximum Gasteiger partial charge on any atom is 0.145 e. The Hall–Kier alpha value is -3.23. The molecule has 1 aromatic carbocycles. The molecule has 0 spiro atoms. The van der Waals surface area contributed by atoms with Gasteiger partial charge in [0.2, 0.25) is 0 Å². The zero-order valence-corrected chi connectivity index (χ0v) is 20.2. The van der Waals surface area contributed by atoms with Crippen molar-refractivity contribution in [2.75, 3.05) is 11.1 Å². The third-order valence-corrected chi connectivity index (χ3v) is 8.67. The van der Waals surface area contributed by atoms with Gasteiger partial charge in [0.15, 0.2) is 0 Å². The van der Waals surface area contributed by atoms with Gasteiger partial charge < -0.3 is 25.8 Å². The van der Waals surface area contributed by atoms with Gasteiger partial charge in [-0.2, -0.15) is 0 Å². The lowest BCUT2D eigenvalue weighted by atomic mass is 9.94. The second-order valence-corrected chi connectivity index (χ2v) is 11.0. The zero-order chi connectivity index (χ0) is 24.4. The van der Waals surface area contributed by atoms with Gasteiger partial charge in [-0.1, -0.05) is 12.1 Å². The van der Waals surface area contributed by atoms with Crippen LogP contribution in [0.25, 0.3) is 21.9 Å². The number of fused-ring (bicyclic) bond motifs is 3. The van der Waals surface area contributed by atoms with Crippen LogP contribution >= 0.6 is 0 Å². The minimum atomic E-state index is -0.850. The van der Waals surface area contributed by atoms with Crippen molar-refractivity contribution in [3.63, 3.8) is 0 Å². The van der Waals surface area contributed by atoms with Gasteiger partial charge >= 0.3 is 0 Å². The van der Waals surface area contributed by atoms with Crippen molar-refractivity contribution >= 4 is 33.6 Å². The molecule has 2 fully saturated rings. The number of anilines is 2. The quantitative estimate of drug-likeness (QED) is 0.341. The number of pyridine rings is 1. The van der Waals surface area contributed by atoms with Crippen LogP contribution in [0.5, 0.6) is 0 Å². The minimum Gasteiger partial charge on any atom is -0.390 e. The van der Waals surface area contributed by atoms with E-state index in [1.54, 1.807) is 0 Å². The molecule has 36 heavy (non-hydrogen) atoms. The van der Waals surface area contributed by atoms with Crippen LogP contribution in [0.2, 0.25) is 0 Å². The smallest absolute Gasteiger partial charge is 0.145 e. The van der Waals surface area contributed by atoms with E-state index in [0.29, 0.717) is 23.9 Å². The normalized spacial score (nSPS) is 27.9. The first kappa shape index (κ1) is 22.0. The largest absolute Gasteiger partial charge is 0.390 e. The highest BCUT2D eigenvalue weighted by Crippen LogP contribution is 2.41. The molecule has 1 aliphatic heterocycles. The molecule has 3 aliphatic rings. The third kappa shape index (κ3) is 3.71. The van der Waals surface area contributed by atoms with E-state index in [1.165, 1.54) is 42.1 Å². The van der Waals surface area contributed by atoms with Crippen molar-refractivity contribution < 1.29 is 10.2 Å². The first-order chi connectivity index (χ1) is 17.5. The monoisotopic (exact) mass is 484 g/mol. The van der Waals surface area contributed by atoms with Crippen LogP contribution in [0.15, 0.2) is 42.9 Å². The van der Waals surface area contributed by atoms with Gasteiger partial charge in [0.1, 0.15) is 29.7 Å². The Kier molecular flexibility index (Phi) is 5.15. The molecule has 0 radical (unpaired) electrons. The Bertz CT molecular complexity index is 1450. The lowest BCUT2D eigenvalue weighted by molar-refractivity contribution is 0.00545. The number of aryl methyl sites for hydroxylation is 2. The van der Waals surface area contributed by atoms with E-state index < -0.39 is 12.2 Å². The summed E-state index contributed by atoms with van der Waals surface area (Å²) in [4.78, 5) is 13.4. The lowest BCUT2D eigenvalue weighted by Crippen LogP contribution is -2.29. The molecule has 5 atom stereocenters. The fourth-order valence-electron chi connectivity index (χ4n) is 6.41. The van der Waals surface area contributed by atoms with Gasteiger partial charge in [-0.25, -0.2) is 15.0 Å². The average molecular weight is 485 g/mol. The summed E-state index contributed by atoms with van der Waals surface area (Å²) in [5.41, 5.74) is 10.2. The summed E-state index contributed by atoms with van der Waals surface area (Å²) in [5, 5.41) is 27.4. The number of hydrogen-bond donors (Lipinski definition) is 4. The van der Waals surface area contributed by atoms with Crippen molar-refractivity contribution in [1.82, 2.24) is 19.5 Å². The third-order valence-electron chi connectivity index (χ3n) is 8.67. The van der Waals surface area contributed by atoms with Gasteiger partial charge in [0.05, 0.1) is 23.0 Å². The van der Waals surface area contributed by atoms with E-state index in [4.69, 9.17) is 10.7 Å². The molecule has 0 bridgehead atoms. The molecule has 0 saturated heterocycles. The molecular formula is C28H32N6O2. The molecule has 5 N–H and O–H groups in total. The summed E-state index contributed by atoms with van der Waals surface area (Å²) >= 11 is 0. The van der Waals surface area contributed by atoms with Crippen LogP contribution in [-0.2, 0) is 12.8 Å². The summed E-state index contributed by atoms with van der Waals surface area (Å²) in [6, 6.07) is 11.0. The van der Waals surface area contributed by atoms with Gasteiger partial charge in [0, 0.05) is 17.6 Å². The number of rotatable bonds is 5. The van der Waals surface area contributed by atoms with Crippen LogP contribution in [0, 0.1) is 11.8 Å². The SMILES string of the molecule is Nc1ncnc2c1ccn2[C@@H]1C[C@H](CCc2ccc3cc4c(nc3c2)N[C@H](C2CC2)CC4)[C@@H](O)[C@H]1O. The van der Waals surface area contributed by atoms with Crippen LogP contribution < -0.4 is 11.1 Å². The number of benzene rings is 1. The number of aliphatic hydroxyl groups excluding tert-OH is 2. The second kappa shape index (κ2) is 8.42. The summed E-state index contributed by atoms with van der Waals surface area (Å²) in [5.74, 6) is 2.30. The molecule has 7 rings (SSSR count). The van der Waals surface area contributed by atoms with Crippen molar-refractivity contribution in [3.05, 3.63) is 54.0 Å². The highest BCUT2D eigenvalue weighted by Gasteiger charge is 2.42. The summed E-state index contributed by atoms with van der Waals surface area (Å²) in [6.45, 7) is 0. The molecule has 2 saturated carbocycles. The Balaban J connectivity index is 1.08. The molecule has 3 aromatic heterocycles. The highest BCUT2D eigenvalue weighted by atomic mass is 16.3. The number of aliphatic hydroxyl groups is 2. The number of nitrogens with zero attached hydrogens (tertiary/aromatic N) is 4. The fraction of sp³-hybridized carbons (Fsp3) is 0.464. The number of nitrogens with two attached hydrogens (primary N) is 1. The van der Waals surface area contributed by atoms with E-state index >= 15 is 0 Å². The first-order valence-electron chi connectivity index (χ1n) is 13.2. The molecule has 0 amide bonds. The molecule has 4 heterocycles. The van der Waals surface area contributed by atoms with E-state index in [2.05, 4.69) is 39.6 Å². The van der Waals surface area contributed by atoms with Crippen molar-refractivity contribution in [2.24, 2.45) is 11.8 Å². The van der Waals surface area contributed by atoms with Crippen molar-refractivity contribution in [3.8, 4) is 0 Å². The Morgan fingerprint density at radius 3 is 2.81 bits per heavy atom. The van der Waals surface area contributed by atoms with Crippen LogP contribution in [-0.4, -0.2) is 48.0 Å². The van der Waals surface area contributed by atoms with E-state index in [1.807, 2.05) is 16.8 Å². The first-order valence-corrected chi connectivity index (χ1v) is 13.2. The fourth-order valence-corrected chi connectivity index (χ4v) is 6.41. The van der Waals surface area contributed by atoms with Crippen LogP contribution in [0.3, 0.4) is 0 Å². The number of hydrogen-bond acceptors (Lipinski definition) is 7. The molecule has 0 unspecified atom stereocenters. The van der Waals surface area contributed by atoms with Gasteiger partial charge in [-0.05, 0) is 86.1 Å². The predicted molar refractivity (Wildman–Crippen MR) is 140 cm³/mol. The van der Waals surface area contributed by atoms with Crippen molar-refractivity contribution in [2.45, 2.75) is 69.2 Å². The Morgan fingerprint density at radius 2 is 1.94 bits per heavy atom. The number of nitrogens with one attached hydrogen (secondary N) is 1. The van der Waals surface area contributed by atoms with Gasteiger partial charge in [0.25, 0.3) is 0 Å². The summed E-state index contributed by atoms with van der Waals surface area (Å²) in [6.07, 6.45) is 9.00. The standard InChI is InChI=1S/C28H32N6O2/c29-26-20-9-10-34(28(20)31-14-30-26)23-13-18(24(35)25(23)36)4-2-15-1-3-17-12-19-7-8-21(16-5-6-16)32-27(19)33-22(17)11-15/h1,3,9-12,14,16,18,21,23-25,35-36H,2,4-8,13H2,(H,32,33)(H2,29,30,31)/t18-,21-,23+,24+,25-/m0/s1. The molecule has 186 valence electrons. The van der Waals surface area contributed by atoms with E-state index in [0.717, 1.165) is 41.9 Å². The average Bonchev–Trinajstić information content (AvgIpc) is 3.59. The maximum absolute atomic E-state index is 10.9. The highest BCUT2D eigenvalue weighted by molar-refractivity contribution is 5.86. The lowest BCUT2D eigenvalue weighted by Gasteiger charge is -2.26.